The summed E-state index contributed by atoms with van der Waals surface area (Å²) < 4.78 is 33.0. The largest absolute Gasteiger partial charge is 0.494 e. The van der Waals surface area contributed by atoms with Gasteiger partial charge in [-0.2, -0.15) is 0 Å². The van der Waals surface area contributed by atoms with Crippen molar-refractivity contribution in [3.63, 3.8) is 0 Å². The van der Waals surface area contributed by atoms with E-state index in [1.807, 2.05) is 6.92 Å². The van der Waals surface area contributed by atoms with Crippen LogP contribution in [0.5, 0.6) is 5.75 Å². The van der Waals surface area contributed by atoms with Crippen molar-refractivity contribution >= 4 is 27.5 Å². The number of benzene rings is 2. The van der Waals surface area contributed by atoms with E-state index in [0.29, 0.717) is 31.0 Å². The monoisotopic (exact) mass is 403 g/mol. The summed E-state index contributed by atoms with van der Waals surface area (Å²) in [5.41, 5.74) is 0.572. The molecular weight excluding hydrogens is 382 g/mol. The Labute approximate surface area is 163 Å². The molecule has 1 saturated heterocycles. The zero-order valence-corrected chi connectivity index (χ0v) is 16.2. The third-order valence-electron chi connectivity index (χ3n) is 4.13. The molecule has 0 aromatic heterocycles. The fraction of sp³-hybridized carbons (Fsp3) is 0.263. The summed E-state index contributed by atoms with van der Waals surface area (Å²) in [5, 5.41) is 2.66. The second-order valence-electron chi connectivity index (χ2n) is 6.17. The van der Waals surface area contributed by atoms with Gasteiger partial charge in [-0.25, -0.2) is 8.42 Å². The normalized spacial score (nSPS) is 14.3. The second kappa shape index (κ2) is 8.30. The minimum absolute atomic E-state index is 0.0129. The lowest BCUT2D eigenvalue weighted by atomic mass is 10.1. The first-order valence-corrected chi connectivity index (χ1v) is 10.3. The number of nitrogens with zero attached hydrogens (tertiary/aromatic N) is 1. The van der Waals surface area contributed by atoms with Crippen LogP contribution in [-0.2, 0) is 14.8 Å². The summed E-state index contributed by atoms with van der Waals surface area (Å²) in [6, 6.07) is 12.3. The minimum atomic E-state index is -3.82. The molecule has 2 amide bonds. The molecule has 148 valence electrons. The van der Waals surface area contributed by atoms with Crippen LogP contribution in [-0.4, -0.2) is 51.4 Å². The molecule has 3 rings (SSSR count). The predicted molar refractivity (Wildman–Crippen MR) is 104 cm³/mol. The quantitative estimate of drug-likeness (QED) is 0.760. The molecule has 0 radical (unpaired) electrons. The Balaban J connectivity index is 1.76. The molecule has 0 aliphatic carbocycles. The Kier molecular flexibility index (Phi) is 5.84. The highest BCUT2D eigenvalue weighted by molar-refractivity contribution is 7.92. The molecule has 2 N–H and O–H groups in total. The van der Waals surface area contributed by atoms with Crippen LogP contribution in [0.3, 0.4) is 0 Å². The Bertz CT molecular complexity index is 973. The lowest BCUT2D eigenvalue weighted by Gasteiger charge is -2.26. The van der Waals surface area contributed by atoms with Gasteiger partial charge in [0, 0.05) is 24.3 Å². The minimum Gasteiger partial charge on any atom is -0.494 e. The first-order valence-electron chi connectivity index (χ1n) is 8.81. The second-order valence-corrected chi connectivity index (χ2v) is 7.85. The Morgan fingerprint density at radius 2 is 1.96 bits per heavy atom. The van der Waals surface area contributed by atoms with E-state index in [0.717, 1.165) is 0 Å². The Morgan fingerprint density at radius 1 is 1.21 bits per heavy atom. The van der Waals surface area contributed by atoms with E-state index in [1.54, 1.807) is 30.3 Å². The molecule has 0 saturated carbocycles. The molecule has 9 heteroatoms. The van der Waals surface area contributed by atoms with Crippen molar-refractivity contribution in [3.05, 3.63) is 54.1 Å². The predicted octanol–water partition coefficient (Wildman–Crippen LogP) is 1.46. The number of sulfonamides is 1. The summed E-state index contributed by atoms with van der Waals surface area (Å²) in [5.74, 6) is 0.0449. The SMILES string of the molecule is CCOc1ccc(S(=O)(=O)Nc2cccc(C(=O)N3CCNC(=O)C3)c2)cc1. The third-order valence-corrected chi connectivity index (χ3v) is 5.53. The van der Waals surface area contributed by atoms with Crippen LogP contribution in [0.1, 0.15) is 17.3 Å². The molecule has 0 unspecified atom stereocenters. The van der Waals surface area contributed by atoms with E-state index in [2.05, 4.69) is 10.0 Å². The number of hydrogen-bond donors (Lipinski definition) is 2. The van der Waals surface area contributed by atoms with Crippen LogP contribution in [0, 0.1) is 0 Å². The van der Waals surface area contributed by atoms with Gasteiger partial charge in [0.05, 0.1) is 18.0 Å². The van der Waals surface area contributed by atoms with Crippen molar-refractivity contribution in [1.82, 2.24) is 10.2 Å². The van der Waals surface area contributed by atoms with E-state index >= 15 is 0 Å². The van der Waals surface area contributed by atoms with Gasteiger partial charge >= 0.3 is 0 Å². The lowest BCUT2D eigenvalue weighted by molar-refractivity contribution is -0.123. The van der Waals surface area contributed by atoms with Crippen LogP contribution < -0.4 is 14.8 Å². The smallest absolute Gasteiger partial charge is 0.261 e. The molecule has 1 aliphatic heterocycles. The van der Waals surface area contributed by atoms with Gasteiger partial charge in [0.1, 0.15) is 5.75 Å². The maximum absolute atomic E-state index is 12.6. The van der Waals surface area contributed by atoms with Gasteiger partial charge in [-0.1, -0.05) is 6.07 Å². The molecule has 1 fully saturated rings. The summed E-state index contributed by atoms with van der Waals surface area (Å²) in [6.07, 6.45) is 0. The van der Waals surface area contributed by atoms with Crippen molar-refractivity contribution in [2.75, 3.05) is 31.0 Å². The summed E-state index contributed by atoms with van der Waals surface area (Å²) in [4.78, 5) is 25.6. The standard InChI is InChI=1S/C19H21N3O5S/c1-2-27-16-6-8-17(9-7-16)28(25,26)21-15-5-3-4-14(12-15)19(24)22-11-10-20-18(23)13-22/h3-9,12,21H,2,10-11,13H2,1H3,(H,20,23). The van der Waals surface area contributed by atoms with Crippen LogP contribution in [0.4, 0.5) is 5.69 Å². The molecule has 1 heterocycles. The average molecular weight is 403 g/mol. The van der Waals surface area contributed by atoms with E-state index in [-0.39, 0.29) is 28.9 Å². The maximum atomic E-state index is 12.6. The van der Waals surface area contributed by atoms with Crippen LogP contribution >= 0.6 is 0 Å². The molecule has 2 aromatic rings. The van der Waals surface area contributed by atoms with Crippen molar-refractivity contribution in [2.24, 2.45) is 0 Å². The highest BCUT2D eigenvalue weighted by Gasteiger charge is 2.23. The van der Waals surface area contributed by atoms with Gasteiger partial charge in [0.25, 0.3) is 15.9 Å². The van der Waals surface area contributed by atoms with Crippen molar-refractivity contribution in [1.29, 1.82) is 0 Å². The zero-order chi connectivity index (χ0) is 20.1. The Hall–Kier alpha value is -3.07. The van der Waals surface area contributed by atoms with E-state index in [9.17, 15) is 18.0 Å². The summed E-state index contributed by atoms with van der Waals surface area (Å²) in [6.45, 7) is 3.13. The molecule has 8 nitrogen and oxygen atoms in total. The van der Waals surface area contributed by atoms with Crippen molar-refractivity contribution < 1.29 is 22.7 Å². The van der Waals surface area contributed by atoms with Crippen LogP contribution in [0.2, 0.25) is 0 Å². The van der Waals surface area contributed by atoms with Gasteiger partial charge in [-0.15, -0.1) is 0 Å². The van der Waals surface area contributed by atoms with Crippen LogP contribution in [0.25, 0.3) is 0 Å². The van der Waals surface area contributed by atoms with Gasteiger partial charge in [0.2, 0.25) is 5.91 Å². The fourth-order valence-electron chi connectivity index (χ4n) is 2.81. The average Bonchev–Trinajstić information content (AvgIpc) is 2.68. The number of carbonyl (C=O) groups is 2. The number of piperazine rings is 1. The fourth-order valence-corrected chi connectivity index (χ4v) is 3.86. The van der Waals surface area contributed by atoms with Gasteiger partial charge in [-0.3, -0.25) is 14.3 Å². The van der Waals surface area contributed by atoms with Gasteiger partial charge in [0.15, 0.2) is 0 Å². The third kappa shape index (κ3) is 4.61. The number of anilines is 1. The first-order chi connectivity index (χ1) is 13.4. The number of ether oxygens (including phenoxy) is 1. The maximum Gasteiger partial charge on any atom is 0.261 e. The summed E-state index contributed by atoms with van der Waals surface area (Å²) >= 11 is 0. The number of amides is 2. The van der Waals surface area contributed by atoms with Gasteiger partial charge < -0.3 is 15.0 Å². The Morgan fingerprint density at radius 3 is 2.64 bits per heavy atom. The van der Waals surface area contributed by atoms with Gasteiger partial charge in [-0.05, 0) is 49.4 Å². The first kappa shape index (κ1) is 19.7. The summed E-state index contributed by atoms with van der Waals surface area (Å²) in [7, 11) is -3.82. The number of hydrogen-bond acceptors (Lipinski definition) is 5. The topological polar surface area (TPSA) is 105 Å². The van der Waals surface area contributed by atoms with Crippen molar-refractivity contribution in [2.45, 2.75) is 11.8 Å². The molecule has 28 heavy (non-hydrogen) atoms. The van der Waals surface area contributed by atoms with Crippen LogP contribution in [0.15, 0.2) is 53.4 Å². The molecule has 0 atom stereocenters. The number of carbonyl (C=O) groups excluding carboxylic acids is 2. The molecular formula is C19H21N3O5S. The van der Waals surface area contributed by atoms with E-state index < -0.39 is 10.0 Å². The molecule has 0 bridgehead atoms. The number of nitrogens with one attached hydrogen (secondary N) is 2. The number of rotatable bonds is 6. The van der Waals surface area contributed by atoms with Crippen molar-refractivity contribution in [3.8, 4) is 5.75 Å². The lowest BCUT2D eigenvalue weighted by Crippen LogP contribution is -2.49. The molecule has 0 spiro atoms. The highest BCUT2D eigenvalue weighted by atomic mass is 32.2. The van der Waals surface area contributed by atoms with E-state index in [1.165, 1.54) is 23.1 Å². The highest BCUT2D eigenvalue weighted by Crippen LogP contribution is 2.20. The molecule has 2 aromatic carbocycles. The van der Waals surface area contributed by atoms with E-state index in [4.69, 9.17) is 4.74 Å². The molecule has 1 aliphatic rings. The zero-order valence-electron chi connectivity index (χ0n) is 15.3.